The van der Waals surface area contributed by atoms with Crippen LogP contribution in [0.3, 0.4) is 0 Å². The molecule has 66 valence electrons. The number of aromatic nitrogens is 1. The van der Waals surface area contributed by atoms with Crippen molar-refractivity contribution in [3.63, 3.8) is 0 Å². The predicted molar refractivity (Wildman–Crippen MR) is 49.5 cm³/mol. The van der Waals surface area contributed by atoms with Gasteiger partial charge in [0, 0.05) is 17.0 Å². The first-order chi connectivity index (χ1) is 6.84. The van der Waals surface area contributed by atoms with E-state index in [0.29, 0.717) is 10.8 Å². The second-order valence-electron chi connectivity index (χ2n) is 3.02. The maximum atomic E-state index is 11.0. The van der Waals surface area contributed by atoms with Gasteiger partial charge in [-0.15, -0.1) is 0 Å². The maximum absolute atomic E-state index is 11.0. The average molecular weight is 183 g/mol. The number of hydrogen-bond acceptors (Lipinski definition) is 2. The van der Waals surface area contributed by atoms with Crippen LogP contribution in [0, 0.1) is 0 Å². The molecule has 0 saturated heterocycles. The van der Waals surface area contributed by atoms with Crippen molar-refractivity contribution in [1.29, 1.82) is 0 Å². The van der Waals surface area contributed by atoms with Gasteiger partial charge in [0.05, 0.1) is 0 Å². The molecule has 2 amide bonds. The highest BCUT2D eigenvalue weighted by Crippen LogP contribution is 2.05. The average Bonchev–Trinajstić information content (AvgIpc) is 2.59. The molecule has 0 aliphatic carbocycles. The fourth-order valence-electron chi connectivity index (χ4n) is 1.54. The molecule has 4 nitrogen and oxygen atoms in total. The van der Waals surface area contributed by atoms with E-state index >= 15 is 0 Å². The molecule has 1 aromatic carbocycles. The Balaban J connectivity index is 2.65. The second kappa shape index (κ2) is 2.45. The number of pyridine rings is 1. The molecule has 3 rings (SSSR count). The van der Waals surface area contributed by atoms with E-state index in [1.165, 1.54) is 0 Å². The lowest BCUT2D eigenvalue weighted by Crippen LogP contribution is -2.25. The Morgan fingerprint density at radius 3 is 2.86 bits per heavy atom. The van der Waals surface area contributed by atoms with Gasteiger partial charge < -0.3 is 0 Å². The smallest absolute Gasteiger partial charge is 0.244 e. The summed E-state index contributed by atoms with van der Waals surface area (Å²) in [6.07, 6.45) is 1.70. The van der Waals surface area contributed by atoms with Gasteiger partial charge in [0.15, 0.2) is 5.49 Å². The standard InChI is InChI=1S/C10H5N3O/c14-10-12-8-7-4-2-1-3-6(7)5-11-9(8)13-10/h1-5H. The van der Waals surface area contributed by atoms with E-state index in [0.717, 1.165) is 10.8 Å². The van der Waals surface area contributed by atoms with Crippen molar-refractivity contribution in [2.24, 2.45) is 9.98 Å². The predicted octanol–water partition coefficient (Wildman–Crippen LogP) is 0.608. The Kier molecular flexibility index (Phi) is 1.28. The fraction of sp³-hybridized carbons (Fsp3) is 0. The minimum atomic E-state index is -0.469. The quantitative estimate of drug-likeness (QED) is 0.600. The van der Waals surface area contributed by atoms with E-state index in [-0.39, 0.29) is 0 Å². The summed E-state index contributed by atoms with van der Waals surface area (Å²) in [6, 6.07) is 7.20. The first kappa shape index (κ1) is 7.32. The molecule has 0 spiro atoms. The summed E-state index contributed by atoms with van der Waals surface area (Å²) < 4.78 is 0. The van der Waals surface area contributed by atoms with Crippen LogP contribution in [0.1, 0.15) is 0 Å². The van der Waals surface area contributed by atoms with Crippen molar-refractivity contribution in [1.82, 2.24) is 4.98 Å². The molecule has 1 aliphatic heterocycles. The van der Waals surface area contributed by atoms with Crippen LogP contribution in [0.5, 0.6) is 0 Å². The number of nitrogens with zero attached hydrogens (tertiary/aromatic N) is 3. The van der Waals surface area contributed by atoms with Gasteiger partial charge in [0.1, 0.15) is 5.36 Å². The van der Waals surface area contributed by atoms with Crippen LogP contribution in [-0.2, 0) is 0 Å². The zero-order chi connectivity index (χ0) is 9.54. The molecule has 1 aromatic heterocycles. The monoisotopic (exact) mass is 183 g/mol. The summed E-state index contributed by atoms with van der Waals surface area (Å²) in [5.74, 6) is 0. The van der Waals surface area contributed by atoms with Gasteiger partial charge in [0.25, 0.3) is 0 Å². The van der Waals surface area contributed by atoms with Crippen LogP contribution < -0.4 is 10.8 Å². The van der Waals surface area contributed by atoms with E-state index in [9.17, 15) is 4.79 Å². The van der Waals surface area contributed by atoms with Crippen molar-refractivity contribution < 1.29 is 4.79 Å². The van der Waals surface area contributed by atoms with Crippen molar-refractivity contribution in [2.75, 3.05) is 0 Å². The van der Waals surface area contributed by atoms with Crippen LogP contribution in [0.2, 0.25) is 0 Å². The molecule has 0 saturated carbocycles. The highest BCUT2D eigenvalue weighted by Gasteiger charge is 2.08. The third kappa shape index (κ3) is 0.877. The van der Waals surface area contributed by atoms with Crippen LogP contribution in [0.15, 0.2) is 40.4 Å². The van der Waals surface area contributed by atoms with E-state index < -0.39 is 6.03 Å². The molecule has 0 fully saturated rings. The van der Waals surface area contributed by atoms with E-state index in [4.69, 9.17) is 0 Å². The zero-order valence-electron chi connectivity index (χ0n) is 7.14. The topological polar surface area (TPSA) is 54.7 Å². The summed E-state index contributed by atoms with van der Waals surface area (Å²) in [4.78, 5) is 22.5. The van der Waals surface area contributed by atoms with Crippen molar-refractivity contribution >= 4 is 16.8 Å². The summed E-state index contributed by atoms with van der Waals surface area (Å²) in [7, 11) is 0. The van der Waals surface area contributed by atoms with Gasteiger partial charge in [-0.2, -0.15) is 9.98 Å². The number of carbonyl (C=O) groups excluding carboxylic acids is 1. The molecule has 0 atom stereocenters. The minimum Gasteiger partial charge on any atom is -0.244 e. The Morgan fingerprint density at radius 1 is 1.07 bits per heavy atom. The molecule has 4 heteroatoms. The zero-order valence-corrected chi connectivity index (χ0v) is 7.14. The number of amides is 2. The summed E-state index contributed by atoms with van der Waals surface area (Å²) in [5, 5.41) is 2.49. The number of carbonyl (C=O) groups is 1. The summed E-state index contributed by atoms with van der Waals surface area (Å²) in [5.41, 5.74) is 0.425. The first-order valence-corrected chi connectivity index (χ1v) is 4.20. The molecule has 0 N–H and O–H groups in total. The van der Waals surface area contributed by atoms with Gasteiger partial charge in [-0.25, -0.2) is 9.78 Å². The van der Waals surface area contributed by atoms with Crippen LogP contribution in [0.4, 0.5) is 4.79 Å². The largest absolute Gasteiger partial charge is 0.369 e. The number of hydrogen-bond donors (Lipinski definition) is 0. The van der Waals surface area contributed by atoms with Crippen molar-refractivity contribution in [2.45, 2.75) is 0 Å². The molecular weight excluding hydrogens is 178 g/mol. The van der Waals surface area contributed by atoms with E-state index in [2.05, 4.69) is 15.0 Å². The fourth-order valence-corrected chi connectivity index (χ4v) is 1.54. The molecule has 0 radical (unpaired) electrons. The van der Waals surface area contributed by atoms with Gasteiger partial charge >= 0.3 is 6.03 Å². The van der Waals surface area contributed by atoms with Crippen molar-refractivity contribution in [3.8, 4) is 0 Å². The number of rotatable bonds is 0. The number of urea groups is 1. The summed E-state index contributed by atoms with van der Waals surface area (Å²) in [6.45, 7) is 0. The van der Waals surface area contributed by atoms with Crippen LogP contribution in [-0.4, -0.2) is 11.0 Å². The lowest BCUT2D eigenvalue weighted by atomic mass is 10.2. The molecule has 0 bridgehead atoms. The van der Waals surface area contributed by atoms with Gasteiger partial charge in [-0.05, 0) is 0 Å². The number of benzene rings is 1. The first-order valence-electron chi connectivity index (χ1n) is 4.20. The highest BCUT2D eigenvalue weighted by atomic mass is 16.2. The third-order valence-electron chi connectivity index (χ3n) is 2.16. The van der Waals surface area contributed by atoms with Crippen LogP contribution >= 0.6 is 0 Å². The second-order valence-corrected chi connectivity index (χ2v) is 3.02. The third-order valence-corrected chi connectivity index (χ3v) is 2.16. The lowest BCUT2D eigenvalue weighted by Gasteiger charge is -1.93. The normalized spacial score (nSPS) is 13.6. The van der Waals surface area contributed by atoms with Gasteiger partial charge in [0.2, 0.25) is 0 Å². The maximum Gasteiger partial charge on any atom is 0.369 e. The number of fused-ring (bicyclic) bond motifs is 3. The van der Waals surface area contributed by atoms with E-state index in [1.54, 1.807) is 6.20 Å². The Labute approximate surface area is 78.6 Å². The van der Waals surface area contributed by atoms with E-state index in [1.807, 2.05) is 24.3 Å². The lowest BCUT2D eigenvalue weighted by molar-refractivity contribution is 0.256. The molecule has 14 heavy (non-hydrogen) atoms. The van der Waals surface area contributed by atoms with Crippen molar-refractivity contribution in [3.05, 3.63) is 41.3 Å². The highest BCUT2D eigenvalue weighted by molar-refractivity contribution is 5.85. The SMILES string of the molecule is O=C1N=c2ncc3ccccc3c2=N1. The molecule has 0 unspecified atom stereocenters. The Morgan fingerprint density at radius 2 is 1.93 bits per heavy atom. The van der Waals surface area contributed by atoms with Gasteiger partial charge in [-0.3, -0.25) is 0 Å². The molecule has 1 aliphatic rings. The molecular formula is C10H5N3O. The Hall–Kier alpha value is -2.10. The minimum absolute atomic E-state index is 0.425. The van der Waals surface area contributed by atoms with Crippen LogP contribution in [0.25, 0.3) is 10.8 Å². The van der Waals surface area contributed by atoms with Gasteiger partial charge in [-0.1, -0.05) is 24.3 Å². The Bertz CT molecular complexity index is 661. The molecule has 2 heterocycles. The summed E-state index contributed by atoms with van der Waals surface area (Å²) >= 11 is 0. The molecule has 2 aromatic rings.